The summed E-state index contributed by atoms with van der Waals surface area (Å²) in [6.45, 7) is 1.99. The van der Waals surface area contributed by atoms with Crippen molar-refractivity contribution in [3.8, 4) is 0 Å². The maximum absolute atomic E-state index is 10.7. The molecule has 1 aromatic rings. The Morgan fingerprint density at radius 2 is 2.00 bits per heavy atom. The number of rotatable bonds is 3. The van der Waals surface area contributed by atoms with Crippen molar-refractivity contribution in [1.82, 2.24) is 0 Å². The van der Waals surface area contributed by atoms with E-state index in [0.29, 0.717) is 6.42 Å². The van der Waals surface area contributed by atoms with Crippen LogP contribution in [0.25, 0.3) is 0 Å². The standard InChI is InChI=1S/C10H12BrNO/c1-7(6-10(12)13)8-2-4-9(11)5-3-8/h2-5,7H,6H2,1H3,(H2,12,13). The first-order valence-electron chi connectivity index (χ1n) is 4.13. The molecule has 2 N–H and O–H groups in total. The van der Waals surface area contributed by atoms with Gasteiger partial charge in [-0.25, -0.2) is 0 Å². The van der Waals surface area contributed by atoms with Crippen molar-refractivity contribution in [2.75, 3.05) is 0 Å². The van der Waals surface area contributed by atoms with Crippen LogP contribution >= 0.6 is 15.9 Å². The Kier molecular flexibility index (Phi) is 3.48. The van der Waals surface area contributed by atoms with Gasteiger partial charge in [0.25, 0.3) is 0 Å². The van der Waals surface area contributed by atoms with Gasteiger partial charge in [-0.1, -0.05) is 35.0 Å². The minimum atomic E-state index is -0.254. The maximum atomic E-state index is 10.7. The topological polar surface area (TPSA) is 43.1 Å². The van der Waals surface area contributed by atoms with E-state index < -0.39 is 0 Å². The number of nitrogens with two attached hydrogens (primary N) is 1. The lowest BCUT2D eigenvalue weighted by Crippen LogP contribution is -2.13. The molecule has 0 heterocycles. The summed E-state index contributed by atoms with van der Waals surface area (Å²) >= 11 is 3.35. The van der Waals surface area contributed by atoms with Gasteiger partial charge in [0.05, 0.1) is 0 Å². The molecule has 0 bridgehead atoms. The average Bonchev–Trinajstić information content (AvgIpc) is 2.04. The van der Waals surface area contributed by atoms with Crippen LogP contribution in [-0.4, -0.2) is 5.91 Å². The van der Waals surface area contributed by atoms with E-state index in [1.54, 1.807) is 0 Å². The largest absolute Gasteiger partial charge is 0.370 e. The molecule has 1 rings (SSSR count). The molecule has 1 amide bonds. The van der Waals surface area contributed by atoms with Crippen molar-refractivity contribution in [3.63, 3.8) is 0 Å². The van der Waals surface area contributed by atoms with Gasteiger partial charge in [0.2, 0.25) is 5.91 Å². The van der Waals surface area contributed by atoms with Gasteiger partial charge in [-0.3, -0.25) is 4.79 Å². The molecule has 13 heavy (non-hydrogen) atoms. The Hall–Kier alpha value is -0.830. The molecule has 0 aromatic heterocycles. The molecule has 0 radical (unpaired) electrons. The molecule has 0 saturated heterocycles. The monoisotopic (exact) mass is 241 g/mol. The van der Waals surface area contributed by atoms with E-state index in [1.165, 1.54) is 0 Å². The van der Waals surface area contributed by atoms with Gasteiger partial charge in [-0.05, 0) is 23.6 Å². The van der Waals surface area contributed by atoms with Gasteiger partial charge in [0.15, 0.2) is 0 Å². The first-order chi connectivity index (χ1) is 6.09. The van der Waals surface area contributed by atoms with Crippen molar-refractivity contribution in [2.45, 2.75) is 19.3 Å². The SMILES string of the molecule is CC(CC(N)=O)c1ccc(Br)cc1. The van der Waals surface area contributed by atoms with Crippen molar-refractivity contribution >= 4 is 21.8 Å². The Labute approximate surface area is 86.3 Å². The second-order valence-electron chi connectivity index (χ2n) is 3.12. The molecule has 0 aliphatic rings. The third kappa shape index (κ3) is 3.19. The van der Waals surface area contributed by atoms with Gasteiger partial charge in [0.1, 0.15) is 0 Å². The summed E-state index contributed by atoms with van der Waals surface area (Å²) in [5.74, 6) is -0.0546. The van der Waals surface area contributed by atoms with E-state index in [9.17, 15) is 4.79 Å². The van der Waals surface area contributed by atoms with Gasteiger partial charge in [0, 0.05) is 10.9 Å². The Morgan fingerprint density at radius 3 is 2.46 bits per heavy atom. The Bertz CT molecular complexity index is 294. The number of hydrogen-bond donors (Lipinski definition) is 1. The lowest BCUT2D eigenvalue weighted by molar-refractivity contribution is -0.118. The summed E-state index contributed by atoms with van der Waals surface area (Å²) in [6.07, 6.45) is 0.404. The zero-order valence-electron chi connectivity index (χ0n) is 7.46. The molecule has 1 unspecified atom stereocenters. The van der Waals surface area contributed by atoms with Crippen LogP contribution in [0.3, 0.4) is 0 Å². The number of amides is 1. The summed E-state index contributed by atoms with van der Waals surface area (Å²) in [7, 11) is 0. The van der Waals surface area contributed by atoms with Crippen molar-refractivity contribution in [1.29, 1.82) is 0 Å². The smallest absolute Gasteiger partial charge is 0.218 e. The van der Waals surface area contributed by atoms with Crippen molar-refractivity contribution in [2.24, 2.45) is 5.73 Å². The summed E-state index contributed by atoms with van der Waals surface area (Å²) in [6, 6.07) is 7.93. The van der Waals surface area contributed by atoms with Crippen LogP contribution in [0.5, 0.6) is 0 Å². The summed E-state index contributed by atoms with van der Waals surface area (Å²) in [4.78, 5) is 10.7. The first kappa shape index (κ1) is 10.3. The predicted molar refractivity (Wildman–Crippen MR) is 56.4 cm³/mol. The van der Waals surface area contributed by atoms with Crippen LogP contribution in [0.4, 0.5) is 0 Å². The van der Waals surface area contributed by atoms with E-state index in [2.05, 4.69) is 15.9 Å². The van der Waals surface area contributed by atoms with E-state index >= 15 is 0 Å². The molecule has 1 atom stereocenters. The predicted octanol–water partition coefficient (Wildman–Crippen LogP) is 2.43. The van der Waals surface area contributed by atoms with Crippen LogP contribution in [0.1, 0.15) is 24.8 Å². The number of carbonyl (C=O) groups is 1. The van der Waals surface area contributed by atoms with Crippen LogP contribution in [-0.2, 0) is 4.79 Å². The van der Waals surface area contributed by atoms with Gasteiger partial charge < -0.3 is 5.73 Å². The highest BCUT2D eigenvalue weighted by molar-refractivity contribution is 9.10. The molecular formula is C10H12BrNO. The molecule has 70 valence electrons. The lowest BCUT2D eigenvalue weighted by atomic mass is 9.98. The van der Waals surface area contributed by atoms with Crippen LogP contribution in [0, 0.1) is 0 Å². The van der Waals surface area contributed by atoms with Crippen molar-refractivity contribution < 1.29 is 4.79 Å². The number of hydrogen-bond acceptors (Lipinski definition) is 1. The number of primary amides is 1. The fraction of sp³-hybridized carbons (Fsp3) is 0.300. The molecule has 0 saturated carbocycles. The molecule has 0 fully saturated rings. The molecular weight excluding hydrogens is 230 g/mol. The zero-order chi connectivity index (χ0) is 9.84. The van der Waals surface area contributed by atoms with Gasteiger partial charge >= 0.3 is 0 Å². The van der Waals surface area contributed by atoms with E-state index in [0.717, 1.165) is 10.0 Å². The highest BCUT2D eigenvalue weighted by Gasteiger charge is 2.07. The highest BCUT2D eigenvalue weighted by atomic mass is 79.9. The van der Waals surface area contributed by atoms with Gasteiger partial charge in [-0.15, -0.1) is 0 Å². The average molecular weight is 242 g/mol. The van der Waals surface area contributed by atoms with E-state index in [1.807, 2.05) is 31.2 Å². The number of benzene rings is 1. The zero-order valence-corrected chi connectivity index (χ0v) is 9.04. The number of carbonyl (C=O) groups excluding carboxylic acids is 1. The molecule has 0 aliphatic heterocycles. The second-order valence-corrected chi connectivity index (χ2v) is 4.04. The maximum Gasteiger partial charge on any atom is 0.218 e. The van der Waals surface area contributed by atoms with Gasteiger partial charge in [-0.2, -0.15) is 0 Å². The minimum absolute atomic E-state index is 0.200. The summed E-state index contributed by atoms with van der Waals surface area (Å²) in [5.41, 5.74) is 6.25. The quantitative estimate of drug-likeness (QED) is 0.868. The summed E-state index contributed by atoms with van der Waals surface area (Å²) in [5, 5.41) is 0. The molecule has 3 heteroatoms. The van der Waals surface area contributed by atoms with Crippen molar-refractivity contribution in [3.05, 3.63) is 34.3 Å². The first-order valence-corrected chi connectivity index (χ1v) is 4.92. The molecule has 1 aromatic carbocycles. The molecule has 0 spiro atoms. The Balaban J connectivity index is 2.71. The van der Waals surface area contributed by atoms with E-state index in [4.69, 9.17) is 5.73 Å². The van der Waals surface area contributed by atoms with E-state index in [-0.39, 0.29) is 11.8 Å². The molecule has 0 aliphatic carbocycles. The van der Waals surface area contributed by atoms with Crippen LogP contribution in [0.2, 0.25) is 0 Å². The minimum Gasteiger partial charge on any atom is -0.370 e. The Morgan fingerprint density at radius 1 is 1.46 bits per heavy atom. The normalized spacial score (nSPS) is 12.5. The fourth-order valence-electron chi connectivity index (χ4n) is 1.21. The highest BCUT2D eigenvalue weighted by Crippen LogP contribution is 2.20. The third-order valence-electron chi connectivity index (χ3n) is 1.95. The van der Waals surface area contributed by atoms with Crippen LogP contribution < -0.4 is 5.73 Å². The number of halogens is 1. The molecule has 2 nitrogen and oxygen atoms in total. The fourth-order valence-corrected chi connectivity index (χ4v) is 1.48. The summed E-state index contributed by atoms with van der Waals surface area (Å²) < 4.78 is 1.04. The van der Waals surface area contributed by atoms with Crippen LogP contribution in [0.15, 0.2) is 28.7 Å². The third-order valence-corrected chi connectivity index (χ3v) is 2.48. The second kappa shape index (κ2) is 4.42. The lowest BCUT2D eigenvalue weighted by Gasteiger charge is -2.08.